The number of benzene rings is 1. The molecule has 4 nitrogen and oxygen atoms in total. The first-order valence-corrected chi connectivity index (χ1v) is 5.44. The van der Waals surface area contributed by atoms with Gasteiger partial charge in [0.1, 0.15) is 0 Å². The van der Waals surface area contributed by atoms with Gasteiger partial charge in [0.05, 0.1) is 30.4 Å². The number of nitriles is 1. The van der Waals surface area contributed by atoms with Crippen LogP contribution in [-0.4, -0.2) is 17.7 Å². The van der Waals surface area contributed by atoms with Gasteiger partial charge in [-0.3, -0.25) is 0 Å². The molecule has 1 aromatic carbocycles. The molecule has 1 rings (SSSR count). The SMILES string of the molecule is CCOC(=O)c1ccc(C#N)c(CO)c1Br. The zero-order valence-corrected chi connectivity index (χ0v) is 10.2. The lowest BCUT2D eigenvalue weighted by atomic mass is 10.1. The molecule has 0 heterocycles. The summed E-state index contributed by atoms with van der Waals surface area (Å²) in [5.74, 6) is -0.478. The minimum atomic E-state index is -0.478. The summed E-state index contributed by atoms with van der Waals surface area (Å²) < 4.78 is 5.26. The Morgan fingerprint density at radius 1 is 1.62 bits per heavy atom. The highest BCUT2D eigenvalue weighted by molar-refractivity contribution is 9.10. The average Bonchev–Trinajstić information content (AvgIpc) is 2.28. The van der Waals surface area contributed by atoms with Gasteiger partial charge in [0.2, 0.25) is 0 Å². The normalized spacial score (nSPS) is 9.62. The minimum Gasteiger partial charge on any atom is -0.462 e. The van der Waals surface area contributed by atoms with E-state index in [1.54, 1.807) is 6.92 Å². The number of ether oxygens (including phenoxy) is 1. The molecule has 0 spiro atoms. The molecule has 0 amide bonds. The van der Waals surface area contributed by atoms with Crippen LogP contribution in [0.15, 0.2) is 16.6 Å². The third kappa shape index (κ3) is 2.40. The lowest BCUT2D eigenvalue weighted by Gasteiger charge is -2.08. The van der Waals surface area contributed by atoms with Crippen LogP contribution < -0.4 is 0 Å². The largest absolute Gasteiger partial charge is 0.462 e. The zero-order chi connectivity index (χ0) is 12.1. The van der Waals surface area contributed by atoms with E-state index in [-0.39, 0.29) is 13.2 Å². The Morgan fingerprint density at radius 3 is 2.81 bits per heavy atom. The molecule has 0 bridgehead atoms. The molecule has 0 aliphatic heterocycles. The van der Waals surface area contributed by atoms with Crippen LogP contribution in [0.2, 0.25) is 0 Å². The van der Waals surface area contributed by atoms with E-state index in [9.17, 15) is 4.79 Å². The highest BCUT2D eigenvalue weighted by Gasteiger charge is 2.16. The van der Waals surface area contributed by atoms with E-state index in [1.807, 2.05) is 6.07 Å². The Balaban J connectivity index is 3.25. The van der Waals surface area contributed by atoms with Gasteiger partial charge < -0.3 is 9.84 Å². The van der Waals surface area contributed by atoms with Gasteiger partial charge in [-0.2, -0.15) is 5.26 Å². The number of esters is 1. The van der Waals surface area contributed by atoms with Crippen LogP contribution in [0.1, 0.15) is 28.4 Å². The number of halogens is 1. The number of carbonyl (C=O) groups excluding carboxylic acids is 1. The molecule has 1 aromatic rings. The summed E-state index contributed by atoms with van der Waals surface area (Å²) in [5, 5.41) is 17.9. The number of aliphatic hydroxyl groups excluding tert-OH is 1. The standard InChI is InChI=1S/C11H10BrNO3/c1-2-16-11(15)8-4-3-7(5-13)9(6-14)10(8)12/h3-4,14H,2,6H2,1H3. The number of hydrogen-bond acceptors (Lipinski definition) is 4. The van der Waals surface area contributed by atoms with Crippen molar-refractivity contribution in [2.75, 3.05) is 6.61 Å². The highest BCUT2D eigenvalue weighted by Crippen LogP contribution is 2.25. The molecular formula is C11H10BrNO3. The average molecular weight is 284 g/mol. The highest BCUT2D eigenvalue weighted by atomic mass is 79.9. The van der Waals surface area contributed by atoms with Crippen molar-refractivity contribution in [2.45, 2.75) is 13.5 Å². The predicted octanol–water partition coefficient (Wildman–Crippen LogP) is 1.99. The van der Waals surface area contributed by atoms with E-state index >= 15 is 0 Å². The third-order valence-electron chi connectivity index (χ3n) is 2.02. The summed E-state index contributed by atoms with van der Waals surface area (Å²) >= 11 is 3.19. The molecule has 1 N–H and O–H groups in total. The van der Waals surface area contributed by atoms with Crippen molar-refractivity contribution in [1.29, 1.82) is 5.26 Å². The monoisotopic (exact) mass is 283 g/mol. The molecule has 84 valence electrons. The van der Waals surface area contributed by atoms with Crippen molar-refractivity contribution in [3.8, 4) is 6.07 Å². The maximum atomic E-state index is 11.5. The van der Waals surface area contributed by atoms with Gasteiger partial charge in [0.15, 0.2) is 0 Å². The topological polar surface area (TPSA) is 70.3 Å². The van der Waals surface area contributed by atoms with Crippen LogP contribution in [0.3, 0.4) is 0 Å². The fourth-order valence-electron chi connectivity index (χ4n) is 1.25. The van der Waals surface area contributed by atoms with E-state index in [2.05, 4.69) is 15.9 Å². The Hall–Kier alpha value is -1.38. The number of hydrogen-bond donors (Lipinski definition) is 1. The smallest absolute Gasteiger partial charge is 0.339 e. The minimum absolute atomic E-state index is 0.278. The first-order chi connectivity index (χ1) is 7.65. The summed E-state index contributed by atoms with van der Waals surface area (Å²) in [7, 11) is 0. The molecule has 16 heavy (non-hydrogen) atoms. The van der Waals surface area contributed by atoms with Gasteiger partial charge in [-0.15, -0.1) is 0 Å². The Morgan fingerprint density at radius 2 is 2.31 bits per heavy atom. The van der Waals surface area contributed by atoms with Crippen molar-refractivity contribution in [1.82, 2.24) is 0 Å². The summed E-state index contributed by atoms with van der Waals surface area (Å²) in [6.07, 6.45) is 0. The molecule has 0 fully saturated rings. The zero-order valence-electron chi connectivity index (χ0n) is 8.66. The van der Waals surface area contributed by atoms with E-state index in [1.165, 1.54) is 12.1 Å². The Kier molecular flexibility index (Phi) is 4.47. The van der Waals surface area contributed by atoms with Crippen molar-refractivity contribution in [2.24, 2.45) is 0 Å². The molecule has 0 aliphatic rings. The van der Waals surface area contributed by atoms with Gasteiger partial charge in [-0.05, 0) is 35.0 Å². The second-order valence-corrected chi connectivity index (χ2v) is 3.74. The second-order valence-electron chi connectivity index (χ2n) is 2.94. The predicted molar refractivity (Wildman–Crippen MR) is 60.7 cm³/mol. The van der Waals surface area contributed by atoms with Crippen molar-refractivity contribution in [3.63, 3.8) is 0 Å². The van der Waals surface area contributed by atoms with Crippen LogP contribution in [0.5, 0.6) is 0 Å². The van der Waals surface area contributed by atoms with E-state index in [0.29, 0.717) is 21.2 Å². The lowest BCUT2D eigenvalue weighted by Crippen LogP contribution is -2.07. The van der Waals surface area contributed by atoms with Crippen molar-refractivity contribution in [3.05, 3.63) is 33.3 Å². The fourth-order valence-corrected chi connectivity index (χ4v) is 1.88. The second kappa shape index (κ2) is 5.64. The van der Waals surface area contributed by atoms with Crippen molar-refractivity contribution >= 4 is 21.9 Å². The van der Waals surface area contributed by atoms with E-state index in [0.717, 1.165) is 0 Å². The quantitative estimate of drug-likeness (QED) is 0.862. The number of nitrogens with zero attached hydrogens (tertiary/aromatic N) is 1. The molecule has 0 aromatic heterocycles. The van der Waals surface area contributed by atoms with Crippen molar-refractivity contribution < 1.29 is 14.6 Å². The van der Waals surface area contributed by atoms with Gasteiger partial charge in [-0.1, -0.05) is 0 Å². The Bertz CT molecular complexity index is 451. The van der Waals surface area contributed by atoms with Gasteiger partial charge >= 0.3 is 5.97 Å². The summed E-state index contributed by atoms with van der Waals surface area (Å²) in [6, 6.07) is 4.93. The fraction of sp³-hybridized carbons (Fsp3) is 0.273. The number of carbonyl (C=O) groups is 1. The first kappa shape index (κ1) is 12.7. The lowest BCUT2D eigenvalue weighted by molar-refractivity contribution is 0.0525. The molecule has 0 aliphatic carbocycles. The molecular weight excluding hydrogens is 274 g/mol. The summed E-state index contributed by atoms with van der Waals surface area (Å²) in [5.41, 5.74) is 1.04. The maximum Gasteiger partial charge on any atom is 0.339 e. The van der Waals surface area contributed by atoms with E-state index < -0.39 is 5.97 Å². The molecule has 0 saturated heterocycles. The van der Waals surface area contributed by atoms with Gasteiger partial charge in [0, 0.05) is 10.0 Å². The molecule has 5 heteroatoms. The van der Waals surface area contributed by atoms with Crippen LogP contribution in [0, 0.1) is 11.3 Å². The van der Waals surface area contributed by atoms with Crippen LogP contribution in [0.25, 0.3) is 0 Å². The Labute approximate surface area is 102 Å². The molecule has 0 radical (unpaired) electrons. The molecule has 0 unspecified atom stereocenters. The van der Waals surface area contributed by atoms with Gasteiger partial charge in [-0.25, -0.2) is 4.79 Å². The van der Waals surface area contributed by atoms with Gasteiger partial charge in [0.25, 0.3) is 0 Å². The van der Waals surface area contributed by atoms with Crippen LogP contribution in [-0.2, 0) is 11.3 Å². The van der Waals surface area contributed by atoms with E-state index in [4.69, 9.17) is 15.1 Å². The molecule has 0 saturated carbocycles. The molecule has 0 atom stereocenters. The van der Waals surface area contributed by atoms with Crippen LogP contribution >= 0.6 is 15.9 Å². The number of rotatable bonds is 3. The third-order valence-corrected chi connectivity index (χ3v) is 2.92. The number of aliphatic hydroxyl groups is 1. The summed E-state index contributed by atoms with van der Waals surface area (Å²) in [6.45, 7) is 1.68. The summed E-state index contributed by atoms with van der Waals surface area (Å²) in [4.78, 5) is 11.5. The maximum absolute atomic E-state index is 11.5. The van der Waals surface area contributed by atoms with Crippen LogP contribution in [0.4, 0.5) is 0 Å². The first-order valence-electron chi connectivity index (χ1n) is 4.65.